The maximum atomic E-state index is 13.7. The van der Waals surface area contributed by atoms with Gasteiger partial charge in [-0.2, -0.15) is 0 Å². The summed E-state index contributed by atoms with van der Waals surface area (Å²) in [5.74, 6) is -0.665. The van der Waals surface area contributed by atoms with E-state index in [0.717, 1.165) is 27.3 Å². The van der Waals surface area contributed by atoms with Gasteiger partial charge in [0.2, 0.25) is 21.8 Å². The van der Waals surface area contributed by atoms with Gasteiger partial charge in [0.1, 0.15) is 12.6 Å². The number of carbonyl (C=O) groups excluding carboxylic acids is 2. The highest BCUT2D eigenvalue weighted by molar-refractivity contribution is 7.92. The van der Waals surface area contributed by atoms with Gasteiger partial charge in [0.15, 0.2) is 0 Å². The van der Waals surface area contributed by atoms with E-state index in [-0.39, 0.29) is 12.5 Å². The van der Waals surface area contributed by atoms with Gasteiger partial charge < -0.3 is 10.2 Å². The quantitative estimate of drug-likeness (QED) is 0.536. The lowest BCUT2D eigenvalue weighted by molar-refractivity contribution is -0.140. The summed E-state index contributed by atoms with van der Waals surface area (Å²) in [6.45, 7) is 11.1. The standard InChI is InChI=1S/C27H39N3O4S/c1-8-23(26(32)28-27(4,5)6)29(17-16-22-12-10-9-11-13-22)25(31)19-30(35(7,33)34)24-18-20(2)14-15-21(24)3/h9-15,18,23H,8,16-17,19H2,1-7H3,(H,28,32)/t23-/m0/s1. The molecule has 35 heavy (non-hydrogen) atoms. The van der Waals surface area contributed by atoms with E-state index in [0.29, 0.717) is 25.1 Å². The number of hydrogen-bond acceptors (Lipinski definition) is 4. The Morgan fingerprint density at radius 3 is 2.20 bits per heavy atom. The minimum absolute atomic E-state index is 0.251. The van der Waals surface area contributed by atoms with Crippen LogP contribution in [0.3, 0.4) is 0 Å². The number of amides is 2. The van der Waals surface area contributed by atoms with E-state index in [4.69, 9.17) is 0 Å². The van der Waals surface area contributed by atoms with Crippen LogP contribution in [0.25, 0.3) is 0 Å². The van der Waals surface area contributed by atoms with Gasteiger partial charge in [-0.3, -0.25) is 13.9 Å². The summed E-state index contributed by atoms with van der Waals surface area (Å²) in [5.41, 5.74) is 2.68. The van der Waals surface area contributed by atoms with Crippen LogP contribution < -0.4 is 9.62 Å². The Hall–Kier alpha value is -2.87. The first-order valence-corrected chi connectivity index (χ1v) is 13.8. The van der Waals surface area contributed by atoms with E-state index in [2.05, 4.69) is 5.32 Å². The fraction of sp³-hybridized carbons (Fsp3) is 0.481. The molecule has 192 valence electrons. The lowest BCUT2D eigenvalue weighted by Crippen LogP contribution is -2.56. The number of rotatable bonds is 10. The molecular weight excluding hydrogens is 462 g/mol. The molecule has 2 aromatic rings. The summed E-state index contributed by atoms with van der Waals surface area (Å²) in [4.78, 5) is 28.4. The number of nitrogens with zero attached hydrogens (tertiary/aromatic N) is 2. The molecule has 7 nitrogen and oxygen atoms in total. The van der Waals surface area contributed by atoms with Crippen molar-refractivity contribution >= 4 is 27.5 Å². The lowest BCUT2D eigenvalue weighted by Gasteiger charge is -2.34. The van der Waals surface area contributed by atoms with Crippen LogP contribution in [0, 0.1) is 13.8 Å². The first-order valence-electron chi connectivity index (χ1n) is 11.9. The second-order valence-electron chi connectivity index (χ2n) is 10.0. The van der Waals surface area contributed by atoms with Crippen molar-refractivity contribution < 1.29 is 18.0 Å². The van der Waals surface area contributed by atoms with E-state index in [1.54, 1.807) is 6.07 Å². The van der Waals surface area contributed by atoms with Crippen molar-refractivity contribution in [2.24, 2.45) is 0 Å². The summed E-state index contributed by atoms with van der Waals surface area (Å²) in [5, 5.41) is 2.97. The second kappa shape index (κ2) is 11.7. The van der Waals surface area contributed by atoms with Crippen molar-refractivity contribution in [3.05, 3.63) is 65.2 Å². The Bertz CT molecular complexity index is 1120. The van der Waals surface area contributed by atoms with Crippen molar-refractivity contribution in [2.75, 3.05) is 23.7 Å². The molecule has 1 atom stereocenters. The predicted octanol–water partition coefficient (Wildman–Crippen LogP) is 3.83. The topological polar surface area (TPSA) is 86.8 Å². The fourth-order valence-electron chi connectivity index (χ4n) is 3.93. The summed E-state index contributed by atoms with van der Waals surface area (Å²) >= 11 is 0. The zero-order chi connectivity index (χ0) is 26.4. The molecule has 2 rings (SSSR count). The van der Waals surface area contributed by atoms with Gasteiger partial charge in [-0.25, -0.2) is 8.42 Å². The zero-order valence-electron chi connectivity index (χ0n) is 22.0. The molecule has 0 aromatic heterocycles. The average molecular weight is 502 g/mol. The van der Waals surface area contributed by atoms with Gasteiger partial charge in [0.25, 0.3) is 0 Å². The number of aryl methyl sites for hydroxylation is 2. The van der Waals surface area contributed by atoms with E-state index >= 15 is 0 Å². The molecular formula is C27H39N3O4S. The van der Waals surface area contributed by atoms with Crippen molar-refractivity contribution in [1.82, 2.24) is 10.2 Å². The summed E-state index contributed by atoms with van der Waals surface area (Å²) in [7, 11) is -3.75. The third kappa shape index (κ3) is 8.38. The van der Waals surface area contributed by atoms with E-state index in [1.165, 1.54) is 4.90 Å². The first kappa shape index (κ1) is 28.4. The highest BCUT2D eigenvalue weighted by atomic mass is 32.2. The molecule has 0 aliphatic heterocycles. The van der Waals surface area contributed by atoms with Crippen LogP contribution in [-0.4, -0.2) is 56.1 Å². The van der Waals surface area contributed by atoms with Crippen LogP contribution in [0.5, 0.6) is 0 Å². The Morgan fingerprint density at radius 1 is 1.03 bits per heavy atom. The number of anilines is 1. The Morgan fingerprint density at radius 2 is 1.66 bits per heavy atom. The summed E-state index contributed by atoms with van der Waals surface area (Å²) in [6.07, 6.45) is 2.05. The highest BCUT2D eigenvalue weighted by Crippen LogP contribution is 2.24. The van der Waals surface area contributed by atoms with Gasteiger partial charge in [0, 0.05) is 12.1 Å². The number of hydrogen-bond donors (Lipinski definition) is 1. The van der Waals surface area contributed by atoms with Crippen molar-refractivity contribution in [2.45, 2.75) is 66.0 Å². The monoisotopic (exact) mass is 501 g/mol. The van der Waals surface area contributed by atoms with Crippen LogP contribution in [0.15, 0.2) is 48.5 Å². The smallest absolute Gasteiger partial charge is 0.244 e. The largest absolute Gasteiger partial charge is 0.350 e. The molecule has 0 radical (unpaired) electrons. The molecule has 0 heterocycles. The molecule has 8 heteroatoms. The minimum Gasteiger partial charge on any atom is -0.350 e. The third-order valence-electron chi connectivity index (χ3n) is 5.68. The SMILES string of the molecule is CC[C@@H](C(=O)NC(C)(C)C)N(CCc1ccccc1)C(=O)CN(c1cc(C)ccc1C)S(C)(=O)=O. The maximum Gasteiger partial charge on any atom is 0.244 e. The molecule has 1 N–H and O–H groups in total. The van der Waals surface area contributed by atoms with Crippen LogP contribution in [-0.2, 0) is 26.0 Å². The lowest BCUT2D eigenvalue weighted by atomic mass is 10.1. The first-order chi connectivity index (χ1) is 16.2. The second-order valence-corrected chi connectivity index (χ2v) is 12.0. The molecule has 2 amide bonds. The molecule has 0 saturated heterocycles. The van der Waals surface area contributed by atoms with Crippen molar-refractivity contribution in [3.63, 3.8) is 0 Å². The van der Waals surface area contributed by atoms with Crippen LogP contribution in [0.1, 0.15) is 50.8 Å². The van der Waals surface area contributed by atoms with Gasteiger partial charge in [-0.15, -0.1) is 0 Å². The van der Waals surface area contributed by atoms with Crippen LogP contribution in [0.2, 0.25) is 0 Å². The fourth-order valence-corrected chi connectivity index (χ4v) is 4.83. The van der Waals surface area contributed by atoms with E-state index < -0.39 is 27.5 Å². The predicted molar refractivity (Wildman–Crippen MR) is 142 cm³/mol. The average Bonchev–Trinajstić information content (AvgIpc) is 2.75. The molecule has 0 spiro atoms. The normalized spacial score (nSPS) is 12.7. The summed E-state index contributed by atoms with van der Waals surface area (Å²) < 4.78 is 26.7. The van der Waals surface area contributed by atoms with Crippen LogP contribution >= 0.6 is 0 Å². The number of sulfonamides is 1. The molecule has 0 fully saturated rings. The zero-order valence-corrected chi connectivity index (χ0v) is 22.8. The van der Waals surface area contributed by atoms with Gasteiger partial charge >= 0.3 is 0 Å². The molecule has 2 aromatic carbocycles. The van der Waals surface area contributed by atoms with E-state index in [1.807, 2.05) is 84.0 Å². The molecule has 0 saturated carbocycles. The van der Waals surface area contributed by atoms with Gasteiger partial charge in [0.05, 0.1) is 11.9 Å². The molecule has 0 aliphatic rings. The summed E-state index contributed by atoms with van der Waals surface area (Å²) in [6, 6.07) is 14.5. The van der Waals surface area contributed by atoms with E-state index in [9.17, 15) is 18.0 Å². The maximum absolute atomic E-state index is 13.7. The Labute approximate surface area is 210 Å². The minimum atomic E-state index is -3.75. The van der Waals surface area contributed by atoms with Crippen molar-refractivity contribution in [3.8, 4) is 0 Å². The highest BCUT2D eigenvalue weighted by Gasteiger charge is 2.33. The molecule has 0 unspecified atom stereocenters. The Balaban J connectivity index is 2.42. The van der Waals surface area contributed by atoms with Gasteiger partial charge in [-0.1, -0.05) is 49.4 Å². The number of carbonyl (C=O) groups is 2. The number of nitrogens with one attached hydrogen (secondary N) is 1. The Kier molecular flexibility index (Phi) is 9.49. The van der Waals surface area contributed by atoms with Gasteiger partial charge in [-0.05, 0) is 70.2 Å². The third-order valence-corrected chi connectivity index (χ3v) is 6.81. The molecule has 0 aliphatic carbocycles. The van der Waals surface area contributed by atoms with Crippen molar-refractivity contribution in [1.29, 1.82) is 0 Å². The van der Waals surface area contributed by atoms with Crippen LogP contribution in [0.4, 0.5) is 5.69 Å². The number of benzene rings is 2. The molecule has 0 bridgehead atoms.